The number of Topliss-reactive ketones (excluding diaryl/α,β-unsaturated/α-hetero) is 2. The number of epoxide rings is 1. The molecule has 0 aliphatic carbocycles. The lowest BCUT2D eigenvalue weighted by Gasteiger charge is -2.29. The summed E-state index contributed by atoms with van der Waals surface area (Å²) in [7, 11) is 1.52. The number of ether oxygens (including phenoxy) is 2. The molecule has 1 radical (unpaired) electrons. The largest absolute Gasteiger partial charge is 0.497 e. The van der Waals surface area contributed by atoms with Crippen molar-refractivity contribution in [2.45, 2.75) is 50.3 Å². The van der Waals surface area contributed by atoms with Gasteiger partial charge in [0.25, 0.3) is 0 Å². The van der Waals surface area contributed by atoms with Crippen LogP contribution in [-0.4, -0.2) is 57.6 Å². The van der Waals surface area contributed by atoms with Gasteiger partial charge in [-0.3, -0.25) is 9.59 Å². The molecule has 137 valence electrons. The molecule has 1 heterocycles. The number of aliphatic hydroxyl groups is 3. The van der Waals surface area contributed by atoms with E-state index in [9.17, 15) is 24.9 Å². The van der Waals surface area contributed by atoms with E-state index >= 15 is 0 Å². The van der Waals surface area contributed by atoms with Crippen molar-refractivity contribution in [3.8, 4) is 5.75 Å². The summed E-state index contributed by atoms with van der Waals surface area (Å²) >= 11 is 0. The Kier molecular flexibility index (Phi) is 5.63. The van der Waals surface area contributed by atoms with Gasteiger partial charge in [0.1, 0.15) is 23.2 Å². The zero-order valence-electron chi connectivity index (χ0n) is 14.4. The molecule has 2 rings (SSSR count). The van der Waals surface area contributed by atoms with Crippen LogP contribution in [0.2, 0.25) is 0 Å². The summed E-state index contributed by atoms with van der Waals surface area (Å²) in [4.78, 5) is 24.0. The van der Waals surface area contributed by atoms with E-state index in [2.05, 4.69) is 0 Å². The molecule has 1 aliphatic rings. The second kappa shape index (κ2) is 7.21. The minimum absolute atomic E-state index is 0.0925. The fourth-order valence-corrected chi connectivity index (χ4v) is 2.44. The molecule has 25 heavy (non-hydrogen) atoms. The third-order valence-corrected chi connectivity index (χ3v) is 4.50. The molecule has 1 fully saturated rings. The molecule has 0 unspecified atom stereocenters. The molecule has 1 aromatic rings. The van der Waals surface area contributed by atoms with Crippen LogP contribution in [-0.2, 0) is 9.53 Å². The van der Waals surface area contributed by atoms with Crippen molar-refractivity contribution in [3.63, 3.8) is 0 Å². The molecule has 0 spiro atoms. The molecular formula is C18H23O7. The van der Waals surface area contributed by atoms with Gasteiger partial charge in [0.05, 0.1) is 19.6 Å². The molecule has 0 aromatic heterocycles. The van der Waals surface area contributed by atoms with Gasteiger partial charge in [-0.1, -0.05) is 0 Å². The molecular weight excluding hydrogens is 328 g/mol. The second-order valence-corrected chi connectivity index (χ2v) is 6.37. The minimum Gasteiger partial charge on any atom is -0.497 e. The van der Waals surface area contributed by atoms with Crippen molar-refractivity contribution in [1.82, 2.24) is 0 Å². The van der Waals surface area contributed by atoms with Gasteiger partial charge >= 0.3 is 0 Å². The van der Waals surface area contributed by atoms with E-state index in [4.69, 9.17) is 9.47 Å². The molecule has 3 N–H and O–H groups in total. The molecule has 0 amide bonds. The molecule has 1 aromatic carbocycles. The van der Waals surface area contributed by atoms with Gasteiger partial charge in [0.15, 0.2) is 5.78 Å². The Morgan fingerprint density at radius 3 is 2.52 bits per heavy atom. The number of carbonyl (C=O) groups is 2. The zero-order valence-corrected chi connectivity index (χ0v) is 14.4. The summed E-state index contributed by atoms with van der Waals surface area (Å²) in [6, 6.07) is 6.45. The average molecular weight is 351 g/mol. The van der Waals surface area contributed by atoms with Crippen LogP contribution in [0.4, 0.5) is 0 Å². The van der Waals surface area contributed by atoms with Gasteiger partial charge in [0.2, 0.25) is 5.79 Å². The highest BCUT2D eigenvalue weighted by Gasteiger charge is 2.67. The number of aliphatic hydroxyl groups excluding tert-OH is 1. The van der Waals surface area contributed by atoms with Gasteiger partial charge in [-0.15, -0.1) is 0 Å². The van der Waals surface area contributed by atoms with Gasteiger partial charge in [-0.25, -0.2) is 0 Å². The lowest BCUT2D eigenvalue weighted by Crippen LogP contribution is -2.52. The summed E-state index contributed by atoms with van der Waals surface area (Å²) in [6.45, 7) is 2.58. The third-order valence-electron chi connectivity index (χ3n) is 4.50. The molecule has 0 bridgehead atoms. The molecule has 7 nitrogen and oxygen atoms in total. The Morgan fingerprint density at radius 1 is 1.40 bits per heavy atom. The van der Waals surface area contributed by atoms with Crippen LogP contribution in [0.5, 0.6) is 5.75 Å². The maximum absolute atomic E-state index is 12.1. The number of hydrogen-bond acceptors (Lipinski definition) is 7. The van der Waals surface area contributed by atoms with Crippen LogP contribution in [0.1, 0.15) is 37.0 Å². The van der Waals surface area contributed by atoms with Crippen molar-refractivity contribution in [1.29, 1.82) is 0 Å². The molecule has 4 atom stereocenters. The predicted octanol–water partition coefficient (Wildman–Crippen LogP) is 0.651. The van der Waals surface area contributed by atoms with Crippen LogP contribution in [0.15, 0.2) is 24.3 Å². The fraction of sp³-hybridized carbons (Fsp3) is 0.500. The normalized spacial score (nSPS) is 25.8. The van der Waals surface area contributed by atoms with E-state index in [1.54, 1.807) is 24.3 Å². The number of benzene rings is 1. The highest BCUT2D eigenvalue weighted by molar-refractivity contribution is 6.08. The maximum atomic E-state index is 12.1. The first-order chi connectivity index (χ1) is 11.6. The summed E-state index contributed by atoms with van der Waals surface area (Å²) in [5.41, 5.74) is -1.46. The Bertz CT molecular complexity index is 635. The third kappa shape index (κ3) is 4.07. The molecule has 1 saturated heterocycles. The predicted molar refractivity (Wildman–Crippen MR) is 88.0 cm³/mol. The topological polar surface area (TPSA) is 117 Å². The standard InChI is InChI=1S/C18H23O7/c1-11(19)17(2,22)18(23)16(25-18)9-6-13(20)10-15(21)12-4-7-14(24-3)8-5-12/h4-5,7-9,11,16,19,22-23H,6,10H2,1-3H3/t11-,16-,17+,18+/m0/s1. The lowest BCUT2D eigenvalue weighted by atomic mass is 9.89. The molecule has 0 saturated carbocycles. The first-order valence-corrected chi connectivity index (χ1v) is 7.94. The lowest BCUT2D eigenvalue weighted by molar-refractivity contribution is -0.182. The number of rotatable bonds is 9. The summed E-state index contributed by atoms with van der Waals surface area (Å²) in [5, 5.41) is 29.7. The van der Waals surface area contributed by atoms with E-state index in [1.807, 2.05) is 0 Å². The Hall–Kier alpha value is -1.80. The summed E-state index contributed by atoms with van der Waals surface area (Å²) < 4.78 is 10.0. The van der Waals surface area contributed by atoms with Crippen molar-refractivity contribution >= 4 is 11.6 Å². The van der Waals surface area contributed by atoms with Gasteiger partial charge in [0, 0.05) is 18.4 Å². The SMILES string of the molecule is COc1ccc(C(=O)CC(=O)C[CH][C@@H]2O[C@@]2(O)[C@](C)(O)[C@H](C)O)cc1. The van der Waals surface area contributed by atoms with Gasteiger partial charge in [-0.05, 0) is 38.1 Å². The highest BCUT2D eigenvalue weighted by Crippen LogP contribution is 2.46. The zero-order chi connectivity index (χ0) is 18.8. The van der Waals surface area contributed by atoms with Crippen molar-refractivity contribution in [2.24, 2.45) is 0 Å². The summed E-state index contributed by atoms with van der Waals surface area (Å²) in [6.07, 6.45) is -1.08. The van der Waals surface area contributed by atoms with Crippen molar-refractivity contribution < 1.29 is 34.4 Å². The maximum Gasteiger partial charge on any atom is 0.225 e. The summed E-state index contributed by atoms with van der Waals surface area (Å²) in [5.74, 6) is -1.97. The first-order valence-electron chi connectivity index (χ1n) is 7.94. The smallest absolute Gasteiger partial charge is 0.225 e. The van der Waals surface area contributed by atoms with Crippen molar-refractivity contribution in [2.75, 3.05) is 7.11 Å². The van der Waals surface area contributed by atoms with Crippen LogP contribution in [0, 0.1) is 6.42 Å². The number of carbonyl (C=O) groups excluding carboxylic acids is 2. The highest BCUT2D eigenvalue weighted by atomic mass is 16.8. The Morgan fingerprint density at radius 2 is 2.00 bits per heavy atom. The fourth-order valence-electron chi connectivity index (χ4n) is 2.44. The first kappa shape index (κ1) is 19.5. The van der Waals surface area contributed by atoms with Crippen molar-refractivity contribution in [3.05, 3.63) is 36.2 Å². The van der Waals surface area contributed by atoms with Gasteiger partial charge < -0.3 is 24.8 Å². The minimum atomic E-state index is -1.93. The number of methoxy groups -OCH3 is 1. The molecule has 7 heteroatoms. The van der Waals surface area contributed by atoms with E-state index < -0.39 is 23.6 Å². The second-order valence-electron chi connectivity index (χ2n) is 6.37. The number of hydrogen-bond donors (Lipinski definition) is 3. The van der Waals surface area contributed by atoms with E-state index in [0.717, 1.165) is 0 Å². The average Bonchev–Trinajstić information content (AvgIpc) is 3.25. The van der Waals surface area contributed by atoms with Crippen LogP contribution in [0.25, 0.3) is 0 Å². The van der Waals surface area contributed by atoms with Crippen LogP contribution >= 0.6 is 0 Å². The monoisotopic (exact) mass is 351 g/mol. The quantitative estimate of drug-likeness (QED) is 0.340. The number of ketones is 2. The van der Waals surface area contributed by atoms with Gasteiger partial charge in [-0.2, -0.15) is 0 Å². The van der Waals surface area contributed by atoms with Crippen LogP contribution in [0.3, 0.4) is 0 Å². The Labute approximate surface area is 146 Å². The van der Waals surface area contributed by atoms with E-state index in [-0.39, 0.29) is 24.4 Å². The Balaban J connectivity index is 1.82. The van der Waals surface area contributed by atoms with E-state index in [1.165, 1.54) is 27.4 Å². The van der Waals surface area contributed by atoms with Crippen LogP contribution < -0.4 is 4.74 Å². The van der Waals surface area contributed by atoms with E-state index in [0.29, 0.717) is 11.3 Å². The molecule has 1 aliphatic heterocycles.